The topological polar surface area (TPSA) is 29.9 Å². The van der Waals surface area contributed by atoms with Gasteiger partial charge in [-0.15, -0.1) is 0 Å². The molecule has 1 aliphatic heterocycles. The summed E-state index contributed by atoms with van der Waals surface area (Å²) in [4.78, 5) is 0. The summed E-state index contributed by atoms with van der Waals surface area (Å²) >= 11 is 5.81. The molecule has 1 aromatic carbocycles. The lowest BCUT2D eigenvalue weighted by atomic mass is 10.1. The molecule has 0 amide bonds. The van der Waals surface area contributed by atoms with Crippen molar-refractivity contribution in [2.24, 2.45) is 0 Å². The van der Waals surface area contributed by atoms with E-state index in [-0.39, 0.29) is 0 Å². The van der Waals surface area contributed by atoms with E-state index in [1.165, 1.54) is 4.68 Å². The number of nitrogens with zero attached hydrogens (tertiary/aromatic N) is 2. The molecule has 1 aromatic heterocycles. The molecule has 112 valence electrons. The molecule has 0 aliphatic carbocycles. The largest absolute Gasteiger partial charge is 0.435 e. The predicted molar refractivity (Wildman–Crippen MR) is 73.2 cm³/mol. The van der Waals surface area contributed by atoms with Gasteiger partial charge < -0.3 is 5.32 Å². The number of hydrogen-bond donors (Lipinski definition) is 1. The highest BCUT2D eigenvalue weighted by Gasteiger charge is 2.39. The van der Waals surface area contributed by atoms with Crippen LogP contribution in [0.25, 0.3) is 0 Å². The van der Waals surface area contributed by atoms with E-state index in [4.69, 9.17) is 11.6 Å². The number of alkyl halides is 3. The average molecular weight is 316 g/mol. The Balaban J connectivity index is 1.98. The van der Waals surface area contributed by atoms with Crippen molar-refractivity contribution in [3.8, 4) is 0 Å². The molecular weight excluding hydrogens is 303 g/mol. The van der Waals surface area contributed by atoms with Crippen LogP contribution in [0.2, 0.25) is 5.02 Å². The van der Waals surface area contributed by atoms with Gasteiger partial charge in [0, 0.05) is 17.1 Å². The zero-order valence-corrected chi connectivity index (χ0v) is 11.8. The fourth-order valence-electron chi connectivity index (χ4n) is 2.54. The summed E-state index contributed by atoms with van der Waals surface area (Å²) in [6.45, 7) is 1.26. The van der Waals surface area contributed by atoms with E-state index >= 15 is 0 Å². The van der Waals surface area contributed by atoms with E-state index in [0.717, 1.165) is 5.56 Å². The molecule has 2 heterocycles. The Bertz CT molecular complexity index is 647. The van der Waals surface area contributed by atoms with E-state index in [0.29, 0.717) is 42.3 Å². The summed E-state index contributed by atoms with van der Waals surface area (Å²) < 4.78 is 40.6. The third-order valence-electron chi connectivity index (χ3n) is 3.52. The lowest BCUT2D eigenvalue weighted by molar-refractivity contribution is -0.142. The average Bonchev–Trinajstić information content (AvgIpc) is 2.81. The molecule has 0 spiro atoms. The summed E-state index contributed by atoms with van der Waals surface area (Å²) in [6.07, 6.45) is -4.06. The number of benzene rings is 1. The second kappa shape index (κ2) is 5.35. The molecule has 3 rings (SSSR count). The third-order valence-corrected chi connectivity index (χ3v) is 3.78. The predicted octanol–water partition coefficient (Wildman–Crippen LogP) is 3.25. The first kappa shape index (κ1) is 14.4. The fourth-order valence-corrected chi connectivity index (χ4v) is 2.66. The van der Waals surface area contributed by atoms with Gasteiger partial charge in [-0.25, -0.2) is 0 Å². The van der Waals surface area contributed by atoms with Gasteiger partial charge >= 0.3 is 6.18 Å². The van der Waals surface area contributed by atoms with Gasteiger partial charge in [0.15, 0.2) is 5.69 Å². The summed E-state index contributed by atoms with van der Waals surface area (Å²) in [5.41, 5.74) is 1.04. The summed E-state index contributed by atoms with van der Waals surface area (Å²) in [7, 11) is 0. The molecule has 0 radical (unpaired) electrons. The Labute approximate surface area is 124 Å². The van der Waals surface area contributed by atoms with Gasteiger partial charge in [0.1, 0.15) is 0 Å². The Morgan fingerprint density at radius 3 is 2.62 bits per heavy atom. The third kappa shape index (κ3) is 2.91. The van der Waals surface area contributed by atoms with Crippen molar-refractivity contribution in [1.82, 2.24) is 15.1 Å². The van der Waals surface area contributed by atoms with E-state index in [2.05, 4.69) is 10.4 Å². The molecule has 0 saturated heterocycles. The second-order valence-electron chi connectivity index (χ2n) is 4.98. The first-order valence-corrected chi connectivity index (χ1v) is 6.94. The van der Waals surface area contributed by atoms with Gasteiger partial charge in [-0.05, 0) is 30.7 Å². The SMILES string of the molecule is FC(F)(F)c1nn(Cc2ccc(Cl)cc2)c2c1CCNC2. The molecule has 0 atom stereocenters. The fraction of sp³-hybridized carbons (Fsp3) is 0.357. The van der Waals surface area contributed by atoms with Crippen LogP contribution < -0.4 is 5.32 Å². The Morgan fingerprint density at radius 2 is 1.95 bits per heavy atom. The normalized spacial score (nSPS) is 15.0. The quantitative estimate of drug-likeness (QED) is 0.922. The lowest BCUT2D eigenvalue weighted by Gasteiger charge is -2.16. The zero-order chi connectivity index (χ0) is 15.0. The molecule has 2 aromatic rings. The number of nitrogens with one attached hydrogen (secondary N) is 1. The second-order valence-corrected chi connectivity index (χ2v) is 5.42. The van der Waals surface area contributed by atoms with Crippen LogP contribution in [0.5, 0.6) is 0 Å². The lowest BCUT2D eigenvalue weighted by Crippen LogP contribution is -2.26. The summed E-state index contributed by atoms with van der Waals surface area (Å²) in [6, 6.07) is 7.02. The van der Waals surface area contributed by atoms with Crippen molar-refractivity contribution in [2.45, 2.75) is 25.7 Å². The molecule has 1 N–H and O–H groups in total. The Kier molecular flexibility index (Phi) is 3.67. The standard InChI is InChI=1S/C14H13ClF3N3/c15-10-3-1-9(2-4-10)8-21-12-7-19-6-5-11(12)13(20-21)14(16,17)18/h1-4,19H,5-8H2. The first-order valence-electron chi connectivity index (χ1n) is 6.56. The highest BCUT2D eigenvalue weighted by molar-refractivity contribution is 6.30. The van der Waals surface area contributed by atoms with Gasteiger partial charge in [-0.3, -0.25) is 4.68 Å². The highest BCUT2D eigenvalue weighted by Crippen LogP contribution is 2.34. The smallest absolute Gasteiger partial charge is 0.311 e. The summed E-state index contributed by atoms with van der Waals surface area (Å²) in [5, 5.41) is 7.49. The molecule has 0 saturated carbocycles. The molecular formula is C14H13ClF3N3. The molecule has 7 heteroatoms. The van der Waals surface area contributed by atoms with Gasteiger partial charge in [-0.1, -0.05) is 23.7 Å². The van der Waals surface area contributed by atoms with Crippen LogP contribution in [-0.4, -0.2) is 16.3 Å². The van der Waals surface area contributed by atoms with Crippen LogP contribution in [0.15, 0.2) is 24.3 Å². The number of aromatic nitrogens is 2. The van der Waals surface area contributed by atoms with Crippen LogP contribution in [0.4, 0.5) is 13.2 Å². The van der Waals surface area contributed by atoms with Crippen LogP contribution >= 0.6 is 11.6 Å². The van der Waals surface area contributed by atoms with E-state index in [1.54, 1.807) is 24.3 Å². The molecule has 3 nitrogen and oxygen atoms in total. The zero-order valence-electron chi connectivity index (χ0n) is 11.0. The van der Waals surface area contributed by atoms with Crippen molar-refractivity contribution in [3.05, 3.63) is 51.8 Å². The molecule has 0 fully saturated rings. The minimum absolute atomic E-state index is 0.303. The van der Waals surface area contributed by atoms with Crippen LogP contribution in [-0.2, 0) is 25.7 Å². The Hall–Kier alpha value is -1.53. The van der Waals surface area contributed by atoms with Crippen LogP contribution in [0, 0.1) is 0 Å². The van der Waals surface area contributed by atoms with Crippen LogP contribution in [0.1, 0.15) is 22.5 Å². The number of fused-ring (bicyclic) bond motifs is 1. The number of halogens is 4. The Morgan fingerprint density at radius 1 is 1.24 bits per heavy atom. The molecule has 0 bridgehead atoms. The molecule has 1 aliphatic rings. The number of hydrogen-bond acceptors (Lipinski definition) is 2. The first-order chi connectivity index (χ1) is 9.95. The van der Waals surface area contributed by atoms with Gasteiger partial charge in [-0.2, -0.15) is 18.3 Å². The van der Waals surface area contributed by atoms with E-state index in [9.17, 15) is 13.2 Å². The van der Waals surface area contributed by atoms with Crippen molar-refractivity contribution in [3.63, 3.8) is 0 Å². The van der Waals surface area contributed by atoms with E-state index < -0.39 is 11.9 Å². The molecule has 21 heavy (non-hydrogen) atoms. The van der Waals surface area contributed by atoms with Crippen molar-refractivity contribution < 1.29 is 13.2 Å². The van der Waals surface area contributed by atoms with Gasteiger partial charge in [0.2, 0.25) is 0 Å². The molecule has 0 unspecified atom stereocenters. The number of rotatable bonds is 2. The maximum atomic E-state index is 13.1. The van der Waals surface area contributed by atoms with Crippen molar-refractivity contribution >= 4 is 11.6 Å². The van der Waals surface area contributed by atoms with Gasteiger partial charge in [0.25, 0.3) is 0 Å². The van der Waals surface area contributed by atoms with Gasteiger partial charge in [0.05, 0.1) is 12.2 Å². The van der Waals surface area contributed by atoms with Crippen molar-refractivity contribution in [2.75, 3.05) is 6.54 Å². The minimum Gasteiger partial charge on any atom is -0.311 e. The maximum absolute atomic E-state index is 13.1. The van der Waals surface area contributed by atoms with Crippen LogP contribution in [0.3, 0.4) is 0 Å². The monoisotopic (exact) mass is 315 g/mol. The minimum atomic E-state index is -4.41. The maximum Gasteiger partial charge on any atom is 0.435 e. The summed E-state index contributed by atoms with van der Waals surface area (Å²) in [5.74, 6) is 0. The van der Waals surface area contributed by atoms with Crippen molar-refractivity contribution in [1.29, 1.82) is 0 Å². The van der Waals surface area contributed by atoms with E-state index in [1.807, 2.05) is 0 Å². The highest BCUT2D eigenvalue weighted by atomic mass is 35.5.